The first-order valence-electron chi connectivity index (χ1n) is 7.10. The average molecular weight is 322 g/mol. The maximum absolute atomic E-state index is 10.9. The van der Waals surface area contributed by atoms with E-state index in [0.717, 1.165) is 37.2 Å². The summed E-state index contributed by atoms with van der Waals surface area (Å²) in [6.45, 7) is 3.53. The third kappa shape index (κ3) is 2.76. The zero-order chi connectivity index (χ0) is 15.7. The molecule has 1 aliphatic heterocycles. The highest BCUT2D eigenvalue weighted by Gasteiger charge is 2.24. The van der Waals surface area contributed by atoms with Gasteiger partial charge in [0.25, 0.3) is 5.69 Å². The second-order valence-corrected chi connectivity index (χ2v) is 5.85. The lowest BCUT2D eigenvalue weighted by atomic mass is 10.0. The van der Waals surface area contributed by atoms with Crippen LogP contribution in [0.1, 0.15) is 24.4 Å². The van der Waals surface area contributed by atoms with E-state index in [-0.39, 0.29) is 5.69 Å². The van der Waals surface area contributed by atoms with E-state index in [1.807, 2.05) is 11.6 Å². The van der Waals surface area contributed by atoms with Crippen molar-refractivity contribution < 1.29 is 4.92 Å². The SMILES string of the molecule is Cc1cc([N+](=O)[O-])cc(Cl)c1N1CCC(n2cncn2)CC1. The van der Waals surface area contributed by atoms with Gasteiger partial charge in [0.1, 0.15) is 12.7 Å². The molecule has 1 aromatic carbocycles. The van der Waals surface area contributed by atoms with Crippen LogP contribution in [0.2, 0.25) is 5.02 Å². The van der Waals surface area contributed by atoms with Crippen molar-refractivity contribution in [2.75, 3.05) is 18.0 Å². The summed E-state index contributed by atoms with van der Waals surface area (Å²) >= 11 is 6.27. The van der Waals surface area contributed by atoms with Crippen LogP contribution in [-0.2, 0) is 0 Å². The number of aryl methyl sites for hydroxylation is 1. The van der Waals surface area contributed by atoms with Gasteiger partial charge < -0.3 is 4.90 Å². The Morgan fingerprint density at radius 2 is 2.09 bits per heavy atom. The minimum Gasteiger partial charge on any atom is -0.370 e. The molecule has 1 fully saturated rings. The Balaban J connectivity index is 1.77. The van der Waals surface area contributed by atoms with Gasteiger partial charge >= 0.3 is 0 Å². The van der Waals surface area contributed by atoms with Gasteiger partial charge in [-0.25, -0.2) is 9.67 Å². The molecule has 0 spiro atoms. The number of piperidine rings is 1. The Hall–Kier alpha value is -2.15. The largest absolute Gasteiger partial charge is 0.370 e. The molecule has 2 heterocycles. The highest BCUT2D eigenvalue weighted by molar-refractivity contribution is 6.33. The molecule has 1 aliphatic rings. The minimum absolute atomic E-state index is 0.0313. The monoisotopic (exact) mass is 321 g/mol. The first kappa shape index (κ1) is 14.8. The molecule has 0 amide bonds. The van der Waals surface area contributed by atoms with Crippen LogP contribution < -0.4 is 4.90 Å². The molecule has 0 saturated carbocycles. The molecule has 7 nitrogen and oxygen atoms in total. The number of hydrogen-bond donors (Lipinski definition) is 0. The lowest BCUT2D eigenvalue weighted by Crippen LogP contribution is -2.35. The van der Waals surface area contributed by atoms with Crippen molar-refractivity contribution in [3.63, 3.8) is 0 Å². The topological polar surface area (TPSA) is 77.1 Å². The summed E-state index contributed by atoms with van der Waals surface area (Å²) in [7, 11) is 0. The smallest absolute Gasteiger partial charge is 0.271 e. The summed E-state index contributed by atoms with van der Waals surface area (Å²) in [6, 6.07) is 3.34. The predicted molar refractivity (Wildman–Crippen MR) is 83.3 cm³/mol. The Labute approximate surface area is 132 Å². The summed E-state index contributed by atoms with van der Waals surface area (Å²) in [5.41, 5.74) is 1.76. The van der Waals surface area contributed by atoms with E-state index in [1.54, 1.807) is 18.7 Å². The molecule has 0 atom stereocenters. The lowest BCUT2D eigenvalue weighted by Gasteiger charge is -2.34. The summed E-state index contributed by atoms with van der Waals surface area (Å²) < 4.78 is 1.89. The average Bonchev–Trinajstić information content (AvgIpc) is 3.01. The van der Waals surface area contributed by atoms with Crippen LogP contribution in [0.5, 0.6) is 0 Å². The fraction of sp³-hybridized carbons (Fsp3) is 0.429. The van der Waals surface area contributed by atoms with Crippen LogP contribution in [0.3, 0.4) is 0 Å². The molecular formula is C14H16ClN5O2. The minimum atomic E-state index is -0.417. The van der Waals surface area contributed by atoms with Crippen molar-refractivity contribution in [3.8, 4) is 0 Å². The molecule has 0 aliphatic carbocycles. The molecule has 0 bridgehead atoms. The number of nitrogens with zero attached hydrogens (tertiary/aromatic N) is 5. The van der Waals surface area contributed by atoms with Gasteiger partial charge in [0, 0.05) is 25.2 Å². The van der Waals surface area contributed by atoms with Crippen molar-refractivity contribution in [1.82, 2.24) is 14.8 Å². The van der Waals surface area contributed by atoms with Gasteiger partial charge in [-0.1, -0.05) is 11.6 Å². The molecule has 1 aromatic heterocycles. The first-order valence-corrected chi connectivity index (χ1v) is 7.47. The number of benzene rings is 1. The number of rotatable bonds is 3. The molecule has 2 aromatic rings. The molecule has 0 radical (unpaired) electrons. The van der Waals surface area contributed by atoms with Crippen molar-refractivity contribution in [2.24, 2.45) is 0 Å². The van der Waals surface area contributed by atoms with Crippen molar-refractivity contribution in [1.29, 1.82) is 0 Å². The second kappa shape index (κ2) is 5.92. The standard InChI is InChI=1S/C14H16ClN5O2/c1-10-6-12(20(21)22)7-13(15)14(10)18-4-2-11(3-5-18)19-9-16-8-17-19/h6-9,11H,2-5H2,1H3. The Kier molecular flexibility index (Phi) is 3.98. The van der Waals surface area contributed by atoms with Crippen LogP contribution in [0.25, 0.3) is 0 Å². The fourth-order valence-corrected chi connectivity index (χ4v) is 3.36. The van der Waals surface area contributed by atoms with E-state index < -0.39 is 4.92 Å². The normalized spacial score (nSPS) is 16.0. The second-order valence-electron chi connectivity index (χ2n) is 5.44. The molecule has 22 heavy (non-hydrogen) atoms. The number of aromatic nitrogens is 3. The molecular weight excluding hydrogens is 306 g/mol. The van der Waals surface area contributed by atoms with E-state index in [0.29, 0.717) is 11.1 Å². The molecule has 3 rings (SSSR count). The first-order chi connectivity index (χ1) is 10.6. The molecule has 1 saturated heterocycles. The number of non-ortho nitro benzene ring substituents is 1. The van der Waals surface area contributed by atoms with Crippen LogP contribution in [0.4, 0.5) is 11.4 Å². The van der Waals surface area contributed by atoms with E-state index in [4.69, 9.17) is 11.6 Å². The number of anilines is 1. The molecule has 116 valence electrons. The maximum Gasteiger partial charge on any atom is 0.271 e. The summed E-state index contributed by atoms with van der Waals surface area (Å²) in [5.74, 6) is 0. The highest BCUT2D eigenvalue weighted by Crippen LogP contribution is 2.36. The molecule has 0 unspecified atom stereocenters. The quantitative estimate of drug-likeness (QED) is 0.641. The summed E-state index contributed by atoms with van der Waals surface area (Å²) in [6.07, 6.45) is 5.17. The number of halogens is 1. The summed E-state index contributed by atoms with van der Waals surface area (Å²) in [5, 5.41) is 15.5. The fourth-order valence-electron chi connectivity index (χ4n) is 2.98. The summed E-state index contributed by atoms with van der Waals surface area (Å²) in [4.78, 5) is 16.6. The van der Waals surface area contributed by atoms with E-state index in [2.05, 4.69) is 15.0 Å². The van der Waals surface area contributed by atoms with Gasteiger partial charge in [-0.3, -0.25) is 10.1 Å². The molecule has 0 N–H and O–H groups in total. The third-order valence-electron chi connectivity index (χ3n) is 4.04. The van der Waals surface area contributed by atoms with Crippen molar-refractivity contribution in [2.45, 2.75) is 25.8 Å². The van der Waals surface area contributed by atoms with Gasteiger partial charge in [-0.2, -0.15) is 5.10 Å². The van der Waals surface area contributed by atoms with E-state index >= 15 is 0 Å². The van der Waals surface area contributed by atoms with Crippen LogP contribution in [0.15, 0.2) is 24.8 Å². The van der Waals surface area contributed by atoms with E-state index in [9.17, 15) is 10.1 Å². The Bertz CT molecular complexity index is 658. The van der Waals surface area contributed by atoms with Gasteiger partial charge in [0.15, 0.2) is 0 Å². The number of nitro benzene ring substituents is 1. The number of nitro groups is 1. The zero-order valence-electron chi connectivity index (χ0n) is 12.1. The van der Waals surface area contributed by atoms with Gasteiger partial charge in [-0.15, -0.1) is 0 Å². The van der Waals surface area contributed by atoms with E-state index in [1.165, 1.54) is 6.07 Å². The van der Waals surface area contributed by atoms with Crippen LogP contribution in [-0.4, -0.2) is 32.8 Å². The Morgan fingerprint density at radius 3 is 2.64 bits per heavy atom. The maximum atomic E-state index is 10.9. The molecule has 8 heteroatoms. The van der Waals surface area contributed by atoms with Crippen molar-refractivity contribution in [3.05, 3.63) is 45.5 Å². The third-order valence-corrected chi connectivity index (χ3v) is 4.33. The number of hydrogen-bond acceptors (Lipinski definition) is 5. The highest BCUT2D eigenvalue weighted by atomic mass is 35.5. The zero-order valence-corrected chi connectivity index (χ0v) is 12.9. The van der Waals surface area contributed by atoms with Gasteiger partial charge in [0.05, 0.1) is 21.7 Å². The Morgan fingerprint density at radius 1 is 1.36 bits per heavy atom. The van der Waals surface area contributed by atoms with Gasteiger partial charge in [-0.05, 0) is 25.3 Å². The predicted octanol–water partition coefficient (Wildman–Crippen LogP) is 2.99. The van der Waals surface area contributed by atoms with Gasteiger partial charge in [0.2, 0.25) is 0 Å². The van der Waals surface area contributed by atoms with Crippen molar-refractivity contribution >= 4 is 23.0 Å². The van der Waals surface area contributed by atoms with Crippen LogP contribution >= 0.6 is 11.6 Å². The van der Waals surface area contributed by atoms with Crippen LogP contribution in [0, 0.1) is 17.0 Å². The lowest BCUT2D eigenvalue weighted by molar-refractivity contribution is -0.384.